The second-order valence-electron chi connectivity index (χ2n) is 8.43. The number of anilines is 1. The SMILES string of the molecule is O=C1Nc2ccc(C=Cc3ccccc3)cc2C(=O)N2CC[C@H](NC(=O)N3CCOCC3)[C@@H]12. The van der Waals surface area contributed by atoms with E-state index in [1.807, 2.05) is 48.6 Å². The lowest BCUT2D eigenvalue weighted by atomic mass is 10.1. The Hall–Kier alpha value is -3.65. The molecule has 2 saturated heterocycles. The van der Waals surface area contributed by atoms with E-state index in [4.69, 9.17) is 4.74 Å². The summed E-state index contributed by atoms with van der Waals surface area (Å²) >= 11 is 0. The van der Waals surface area contributed by atoms with Gasteiger partial charge >= 0.3 is 6.03 Å². The summed E-state index contributed by atoms with van der Waals surface area (Å²) in [5.41, 5.74) is 2.89. The van der Waals surface area contributed by atoms with Crippen molar-refractivity contribution >= 4 is 35.7 Å². The van der Waals surface area contributed by atoms with E-state index < -0.39 is 12.1 Å². The normalized spacial score (nSPS) is 22.5. The van der Waals surface area contributed by atoms with Crippen molar-refractivity contribution in [3.63, 3.8) is 0 Å². The topological polar surface area (TPSA) is 91.0 Å². The maximum atomic E-state index is 13.4. The van der Waals surface area contributed by atoms with Crippen LogP contribution in [0.5, 0.6) is 0 Å². The molecule has 2 atom stereocenters. The van der Waals surface area contributed by atoms with Gasteiger partial charge in [0, 0.05) is 19.6 Å². The number of hydrogen-bond acceptors (Lipinski definition) is 4. The highest BCUT2D eigenvalue weighted by atomic mass is 16.5. The van der Waals surface area contributed by atoms with E-state index in [1.54, 1.807) is 21.9 Å². The van der Waals surface area contributed by atoms with Gasteiger partial charge < -0.3 is 25.2 Å². The number of rotatable bonds is 3. The molecular formula is C25H26N4O4. The molecule has 0 unspecified atom stereocenters. The predicted molar refractivity (Wildman–Crippen MR) is 125 cm³/mol. The van der Waals surface area contributed by atoms with Gasteiger partial charge in [-0.1, -0.05) is 48.6 Å². The maximum absolute atomic E-state index is 13.4. The minimum absolute atomic E-state index is 0.202. The number of nitrogens with zero attached hydrogens (tertiary/aromatic N) is 2. The van der Waals surface area contributed by atoms with Gasteiger partial charge in [0.1, 0.15) is 6.04 Å². The molecule has 5 rings (SSSR count). The third-order valence-corrected chi connectivity index (χ3v) is 6.33. The zero-order chi connectivity index (χ0) is 22.8. The van der Waals surface area contributed by atoms with Crippen molar-refractivity contribution in [3.8, 4) is 0 Å². The Bertz CT molecular complexity index is 1090. The first-order valence-corrected chi connectivity index (χ1v) is 11.2. The van der Waals surface area contributed by atoms with Gasteiger partial charge in [-0.05, 0) is 29.7 Å². The van der Waals surface area contributed by atoms with Gasteiger partial charge in [-0.25, -0.2) is 4.79 Å². The van der Waals surface area contributed by atoms with Crippen LogP contribution in [-0.4, -0.2) is 72.6 Å². The molecule has 2 aromatic carbocycles. The summed E-state index contributed by atoms with van der Waals surface area (Å²) < 4.78 is 5.30. The molecule has 0 spiro atoms. The molecule has 33 heavy (non-hydrogen) atoms. The Labute approximate surface area is 192 Å². The Morgan fingerprint density at radius 3 is 2.55 bits per heavy atom. The number of fused-ring (bicyclic) bond motifs is 2. The third-order valence-electron chi connectivity index (χ3n) is 6.33. The number of ether oxygens (including phenoxy) is 1. The summed E-state index contributed by atoms with van der Waals surface area (Å²) in [6.07, 6.45) is 4.46. The molecule has 3 aliphatic heterocycles. The fraction of sp³-hybridized carbons (Fsp3) is 0.320. The zero-order valence-corrected chi connectivity index (χ0v) is 18.2. The molecule has 0 bridgehead atoms. The Kier molecular flexibility index (Phi) is 5.83. The van der Waals surface area contributed by atoms with Crippen LogP contribution < -0.4 is 10.6 Å². The fourth-order valence-corrected chi connectivity index (χ4v) is 4.58. The quantitative estimate of drug-likeness (QED) is 0.709. The van der Waals surface area contributed by atoms with Crippen LogP contribution in [0.15, 0.2) is 48.5 Å². The van der Waals surface area contributed by atoms with E-state index in [0.29, 0.717) is 50.5 Å². The van der Waals surface area contributed by atoms with Crippen LogP contribution in [-0.2, 0) is 9.53 Å². The van der Waals surface area contributed by atoms with Gasteiger partial charge in [0.2, 0.25) is 5.91 Å². The first-order valence-electron chi connectivity index (χ1n) is 11.2. The van der Waals surface area contributed by atoms with Gasteiger partial charge in [0.05, 0.1) is 30.5 Å². The maximum Gasteiger partial charge on any atom is 0.317 e. The molecule has 0 radical (unpaired) electrons. The average Bonchev–Trinajstić information content (AvgIpc) is 3.23. The number of amides is 4. The summed E-state index contributed by atoms with van der Waals surface area (Å²) in [5.74, 6) is -0.481. The van der Waals surface area contributed by atoms with Crippen LogP contribution >= 0.6 is 0 Å². The first kappa shape index (κ1) is 21.2. The molecule has 4 amide bonds. The van der Waals surface area contributed by atoms with Gasteiger partial charge in [0.25, 0.3) is 5.91 Å². The van der Waals surface area contributed by atoms with E-state index in [1.165, 1.54) is 0 Å². The summed E-state index contributed by atoms with van der Waals surface area (Å²) in [6, 6.07) is 14.0. The van der Waals surface area contributed by atoms with E-state index in [-0.39, 0.29) is 17.8 Å². The molecule has 170 valence electrons. The van der Waals surface area contributed by atoms with Crippen molar-refractivity contribution in [2.24, 2.45) is 0 Å². The van der Waals surface area contributed by atoms with Crippen LogP contribution in [0.2, 0.25) is 0 Å². The highest BCUT2D eigenvalue weighted by molar-refractivity contribution is 6.11. The highest BCUT2D eigenvalue weighted by Crippen LogP contribution is 2.30. The molecular weight excluding hydrogens is 420 g/mol. The monoisotopic (exact) mass is 446 g/mol. The molecule has 0 aromatic heterocycles. The van der Waals surface area contributed by atoms with Crippen LogP contribution in [0, 0.1) is 0 Å². The molecule has 2 N–H and O–H groups in total. The van der Waals surface area contributed by atoms with E-state index in [0.717, 1.165) is 11.1 Å². The molecule has 8 heteroatoms. The summed E-state index contributed by atoms with van der Waals surface area (Å²) in [7, 11) is 0. The summed E-state index contributed by atoms with van der Waals surface area (Å²) in [4.78, 5) is 42.4. The number of hydrogen-bond donors (Lipinski definition) is 2. The zero-order valence-electron chi connectivity index (χ0n) is 18.2. The Morgan fingerprint density at radius 2 is 1.76 bits per heavy atom. The molecule has 2 aromatic rings. The van der Waals surface area contributed by atoms with E-state index in [9.17, 15) is 14.4 Å². The van der Waals surface area contributed by atoms with Gasteiger partial charge in [0.15, 0.2) is 0 Å². The lowest BCUT2D eigenvalue weighted by Crippen LogP contribution is -2.55. The van der Waals surface area contributed by atoms with Crippen LogP contribution in [0.4, 0.5) is 10.5 Å². The van der Waals surface area contributed by atoms with Crippen molar-refractivity contribution in [2.45, 2.75) is 18.5 Å². The van der Waals surface area contributed by atoms with E-state index >= 15 is 0 Å². The number of morpholine rings is 1. The number of carbonyl (C=O) groups excluding carboxylic acids is 3. The first-order chi connectivity index (χ1) is 16.1. The predicted octanol–water partition coefficient (Wildman–Crippen LogP) is 2.43. The second-order valence-corrected chi connectivity index (χ2v) is 8.43. The van der Waals surface area contributed by atoms with Crippen molar-refractivity contribution in [3.05, 3.63) is 65.2 Å². The molecule has 0 saturated carbocycles. The molecule has 2 fully saturated rings. The van der Waals surface area contributed by atoms with Gasteiger partial charge in [-0.2, -0.15) is 0 Å². The largest absolute Gasteiger partial charge is 0.378 e. The van der Waals surface area contributed by atoms with Crippen molar-refractivity contribution in [1.82, 2.24) is 15.1 Å². The van der Waals surface area contributed by atoms with Crippen LogP contribution in [0.25, 0.3) is 12.2 Å². The Balaban J connectivity index is 1.35. The van der Waals surface area contributed by atoms with Crippen molar-refractivity contribution in [2.75, 3.05) is 38.2 Å². The summed E-state index contributed by atoms with van der Waals surface area (Å²) in [5, 5.41) is 5.87. The number of nitrogens with one attached hydrogen (secondary N) is 2. The molecule has 3 heterocycles. The standard InChI is InChI=1S/C25H26N4O4/c30-23-22-21(27-25(32)28-12-14-33-15-13-28)10-11-29(22)24(31)19-16-18(8-9-20(19)26-23)7-6-17-4-2-1-3-5-17/h1-9,16,21-22H,10-15H2,(H,26,30)(H,27,32)/t21-,22-/m0/s1. The smallest absolute Gasteiger partial charge is 0.317 e. The minimum Gasteiger partial charge on any atom is -0.378 e. The third kappa shape index (κ3) is 4.34. The fourth-order valence-electron chi connectivity index (χ4n) is 4.58. The Morgan fingerprint density at radius 1 is 1.00 bits per heavy atom. The molecule has 3 aliphatic rings. The highest BCUT2D eigenvalue weighted by Gasteiger charge is 2.45. The lowest BCUT2D eigenvalue weighted by Gasteiger charge is -2.30. The van der Waals surface area contributed by atoms with Crippen LogP contribution in [0.3, 0.4) is 0 Å². The molecule has 0 aliphatic carbocycles. The second kappa shape index (κ2) is 9.07. The van der Waals surface area contributed by atoms with E-state index in [2.05, 4.69) is 10.6 Å². The molecule has 8 nitrogen and oxygen atoms in total. The summed E-state index contributed by atoms with van der Waals surface area (Å²) in [6.45, 7) is 2.45. The van der Waals surface area contributed by atoms with Gasteiger partial charge in [-0.3, -0.25) is 9.59 Å². The van der Waals surface area contributed by atoms with Crippen molar-refractivity contribution < 1.29 is 19.1 Å². The number of carbonyl (C=O) groups is 3. The van der Waals surface area contributed by atoms with Crippen LogP contribution in [0.1, 0.15) is 27.9 Å². The number of benzene rings is 2. The van der Waals surface area contributed by atoms with Gasteiger partial charge in [-0.15, -0.1) is 0 Å². The lowest BCUT2D eigenvalue weighted by molar-refractivity contribution is -0.120. The van der Waals surface area contributed by atoms with Crippen molar-refractivity contribution in [1.29, 1.82) is 0 Å². The minimum atomic E-state index is -0.738. The number of urea groups is 1. The average molecular weight is 447 g/mol.